The predicted octanol–water partition coefficient (Wildman–Crippen LogP) is 1.36. The van der Waals surface area contributed by atoms with Crippen molar-refractivity contribution in [3.63, 3.8) is 0 Å². The molecule has 154 valence electrons. The Bertz CT molecular complexity index is 1330. The fourth-order valence-corrected chi connectivity index (χ4v) is 4.57. The van der Waals surface area contributed by atoms with Crippen LogP contribution in [-0.2, 0) is 9.53 Å². The van der Waals surface area contributed by atoms with Crippen LogP contribution in [0.2, 0.25) is 0 Å². The number of aromatic nitrogens is 3. The molecule has 0 radical (unpaired) electrons. The average molecular weight is 431 g/mol. The van der Waals surface area contributed by atoms with Crippen LogP contribution in [0.1, 0.15) is 33.8 Å². The fraction of sp³-hybridized carbons (Fsp3) is 0.136. The van der Waals surface area contributed by atoms with E-state index in [-0.39, 0.29) is 34.1 Å². The lowest BCUT2D eigenvalue weighted by molar-refractivity contribution is -0.135. The molecular formula is C22H17N5O3S. The number of esters is 1. The Labute approximate surface area is 181 Å². The van der Waals surface area contributed by atoms with Crippen LogP contribution < -0.4 is 16.3 Å². The second-order valence-electron chi connectivity index (χ2n) is 6.56. The maximum atomic E-state index is 13.5. The summed E-state index contributed by atoms with van der Waals surface area (Å²) in [5.41, 5.74) is 7.83. The van der Waals surface area contributed by atoms with Crippen molar-refractivity contribution < 1.29 is 14.3 Å². The Kier molecular flexibility index (Phi) is 5.56. The van der Waals surface area contributed by atoms with Crippen molar-refractivity contribution >= 4 is 40.3 Å². The summed E-state index contributed by atoms with van der Waals surface area (Å²) in [6, 6.07) is 8.94. The zero-order valence-corrected chi connectivity index (χ0v) is 17.3. The predicted molar refractivity (Wildman–Crippen MR) is 116 cm³/mol. The van der Waals surface area contributed by atoms with Gasteiger partial charge in [0.15, 0.2) is 5.69 Å². The Morgan fingerprint density at radius 1 is 1.26 bits per heavy atom. The van der Waals surface area contributed by atoms with Gasteiger partial charge in [0.2, 0.25) is 5.91 Å². The Morgan fingerprint density at radius 2 is 1.90 bits per heavy atom. The first-order chi connectivity index (χ1) is 15.1. The highest BCUT2D eigenvalue weighted by Gasteiger charge is 2.36. The summed E-state index contributed by atoms with van der Waals surface area (Å²) in [5, 5.41) is 9.72. The topological polar surface area (TPSA) is 124 Å². The first-order valence-corrected chi connectivity index (χ1v) is 10.3. The van der Waals surface area contributed by atoms with Gasteiger partial charge in [-0.05, 0) is 48.4 Å². The molecule has 3 aromatic heterocycles. The molecule has 9 heteroatoms. The van der Waals surface area contributed by atoms with Crippen molar-refractivity contribution in [3.8, 4) is 6.07 Å². The number of rotatable bonds is 4. The van der Waals surface area contributed by atoms with Crippen molar-refractivity contribution in [1.82, 2.24) is 14.5 Å². The van der Waals surface area contributed by atoms with Crippen molar-refractivity contribution in [2.45, 2.75) is 12.2 Å². The molecule has 0 amide bonds. The normalized spacial score (nSPS) is 16.0. The van der Waals surface area contributed by atoms with Gasteiger partial charge in [0.25, 0.3) is 0 Å². The molecular weight excluding hydrogens is 414 g/mol. The number of thioether (sulfide) groups is 1. The summed E-state index contributed by atoms with van der Waals surface area (Å²) in [6.45, 7) is 1.87. The van der Waals surface area contributed by atoms with E-state index in [4.69, 9.17) is 10.5 Å². The number of ether oxygens (including phenoxy) is 1. The van der Waals surface area contributed by atoms with Crippen LogP contribution in [0.25, 0.3) is 11.0 Å². The first-order valence-electron chi connectivity index (χ1n) is 9.41. The molecule has 1 unspecified atom stereocenters. The third-order valence-electron chi connectivity index (χ3n) is 4.74. The number of anilines is 1. The number of fused-ring (bicyclic) bond motifs is 1. The van der Waals surface area contributed by atoms with Crippen LogP contribution in [-0.4, -0.2) is 33.0 Å². The van der Waals surface area contributed by atoms with E-state index in [1.807, 2.05) is 6.07 Å². The Morgan fingerprint density at radius 3 is 2.52 bits per heavy atom. The highest BCUT2D eigenvalue weighted by atomic mass is 32.2. The second kappa shape index (κ2) is 8.45. The first kappa shape index (κ1) is 20.4. The van der Waals surface area contributed by atoms with Gasteiger partial charge in [0, 0.05) is 30.0 Å². The van der Waals surface area contributed by atoms with E-state index >= 15 is 0 Å². The van der Waals surface area contributed by atoms with Crippen LogP contribution in [0.5, 0.6) is 0 Å². The number of carbonyl (C=O) groups is 2. The van der Waals surface area contributed by atoms with E-state index < -0.39 is 11.2 Å². The molecule has 0 aliphatic carbocycles. The summed E-state index contributed by atoms with van der Waals surface area (Å²) in [7, 11) is 0. The van der Waals surface area contributed by atoms with Gasteiger partial charge in [-0.3, -0.25) is 19.3 Å². The van der Waals surface area contributed by atoms with Crippen LogP contribution in [0.15, 0.2) is 49.1 Å². The monoisotopic (exact) mass is 431 g/mol. The standard InChI is InChI=1S/C22H17N5O3S/c1-2-30-22(29)20-18-15(11-13-3-7-25-8-4-13)17(24)16(12-23)27(18)21(28)19(31-20)14-5-9-26-10-6-14/h3-11,19H,2,24H2,1H3/b15-11-. The summed E-state index contributed by atoms with van der Waals surface area (Å²) in [4.78, 5) is 34.6. The molecule has 8 nitrogen and oxygen atoms in total. The molecule has 1 atom stereocenters. The summed E-state index contributed by atoms with van der Waals surface area (Å²) < 4.78 is 6.50. The van der Waals surface area contributed by atoms with Gasteiger partial charge in [-0.2, -0.15) is 5.26 Å². The van der Waals surface area contributed by atoms with Crippen LogP contribution in [0.4, 0.5) is 5.69 Å². The van der Waals surface area contributed by atoms with Crippen molar-refractivity contribution in [1.29, 1.82) is 5.26 Å². The smallest absolute Gasteiger partial charge is 0.346 e. The number of pyridine rings is 2. The van der Waals surface area contributed by atoms with Crippen molar-refractivity contribution in [3.05, 3.63) is 76.4 Å². The van der Waals surface area contributed by atoms with E-state index in [1.54, 1.807) is 62.1 Å². The quantitative estimate of drug-likeness (QED) is 0.614. The lowest BCUT2D eigenvalue weighted by Gasteiger charge is -2.22. The molecule has 1 aliphatic heterocycles. The molecule has 0 spiro atoms. The Hall–Kier alpha value is -3.90. The van der Waals surface area contributed by atoms with E-state index in [1.165, 1.54) is 4.57 Å². The maximum absolute atomic E-state index is 13.5. The van der Waals surface area contributed by atoms with Crippen molar-refractivity contribution in [2.24, 2.45) is 0 Å². The second-order valence-corrected chi connectivity index (χ2v) is 7.68. The SMILES string of the molecule is CCOC(=O)C1=c2/c(=C\c3ccncc3)c(N)c(C#N)n2C(=O)C(c2ccncc2)S1. The van der Waals surface area contributed by atoms with Gasteiger partial charge in [0.05, 0.1) is 17.6 Å². The highest BCUT2D eigenvalue weighted by Crippen LogP contribution is 2.39. The minimum Gasteiger partial charge on any atom is -0.462 e. The summed E-state index contributed by atoms with van der Waals surface area (Å²) in [5.74, 6) is -0.941. The lowest BCUT2D eigenvalue weighted by Crippen LogP contribution is -2.42. The van der Waals surface area contributed by atoms with Crippen molar-refractivity contribution in [2.75, 3.05) is 12.3 Å². The molecule has 2 N–H and O–H groups in total. The van der Waals surface area contributed by atoms with Gasteiger partial charge in [0.1, 0.15) is 16.2 Å². The molecule has 4 rings (SSSR count). The van der Waals surface area contributed by atoms with Gasteiger partial charge in [-0.15, -0.1) is 0 Å². The van der Waals surface area contributed by atoms with E-state index in [0.717, 1.165) is 17.3 Å². The van der Waals surface area contributed by atoms with Gasteiger partial charge < -0.3 is 10.5 Å². The minimum atomic E-state index is -0.748. The number of hydrogen-bond acceptors (Lipinski definition) is 8. The van der Waals surface area contributed by atoms with Gasteiger partial charge >= 0.3 is 5.97 Å². The minimum absolute atomic E-state index is 0.0125. The summed E-state index contributed by atoms with van der Waals surface area (Å²) in [6.07, 6.45) is 8.10. The molecule has 0 fully saturated rings. The molecule has 1 aliphatic rings. The zero-order valence-electron chi connectivity index (χ0n) is 16.5. The Balaban J connectivity index is 2.07. The number of carbonyl (C=O) groups excluding carboxylic acids is 2. The maximum Gasteiger partial charge on any atom is 0.346 e. The number of nitriles is 1. The number of nitrogen functional groups attached to an aromatic ring is 1. The van der Waals surface area contributed by atoms with Crippen LogP contribution in [0.3, 0.4) is 0 Å². The van der Waals surface area contributed by atoms with Gasteiger partial charge in [-0.1, -0.05) is 11.8 Å². The third-order valence-corrected chi connectivity index (χ3v) is 6.04. The van der Waals surface area contributed by atoms with Crippen LogP contribution >= 0.6 is 11.8 Å². The molecule has 0 bridgehead atoms. The lowest BCUT2D eigenvalue weighted by atomic mass is 10.1. The molecule has 0 saturated heterocycles. The van der Waals surface area contributed by atoms with E-state index in [9.17, 15) is 14.9 Å². The number of nitrogens with zero attached hydrogens (tertiary/aromatic N) is 4. The molecule has 31 heavy (non-hydrogen) atoms. The van der Waals surface area contributed by atoms with Gasteiger partial charge in [-0.25, -0.2) is 4.79 Å². The summed E-state index contributed by atoms with van der Waals surface area (Å²) >= 11 is 1.09. The van der Waals surface area contributed by atoms with E-state index in [0.29, 0.717) is 10.8 Å². The highest BCUT2D eigenvalue weighted by molar-refractivity contribution is 8.10. The average Bonchev–Trinajstić information content (AvgIpc) is 3.07. The molecule has 4 heterocycles. The molecule has 0 aromatic carbocycles. The van der Waals surface area contributed by atoms with Crippen LogP contribution in [0, 0.1) is 11.3 Å². The molecule has 0 saturated carbocycles. The third kappa shape index (κ3) is 3.58. The molecule has 3 aromatic rings. The fourth-order valence-electron chi connectivity index (χ4n) is 3.37. The number of nitrogens with two attached hydrogens (primary N) is 1. The number of hydrogen-bond donors (Lipinski definition) is 1. The largest absolute Gasteiger partial charge is 0.462 e. The van der Waals surface area contributed by atoms with E-state index in [2.05, 4.69) is 9.97 Å². The zero-order chi connectivity index (χ0) is 22.0.